The third-order valence-corrected chi connectivity index (χ3v) is 4.99. The zero-order valence-electron chi connectivity index (χ0n) is 10.2. The second kappa shape index (κ2) is 3.23. The van der Waals surface area contributed by atoms with Crippen LogP contribution < -0.4 is 5.73 Å². The molecule has 2 heteroatoms. The van der Waals surface area contributed by atoms with Gasteiger partial charge in [0, 0.05) is 5.92 Å². The SMILES string of the molecule is CC1(C)CCC[C@@]2(C)CC(C(N)=O)C[C@@H]12. The molecule has 1 amide bonds. The molecular formula is C13H23NO. The van der Waals surface area contributed by atoms with E-state index in [9.17, 15) is 4.79 Å². The maximum absolute atomic E-state index is 11.3. The molecule has 0 radical (unpaired) electrons. The molecule has 2 aliphatic rings. The van der Waals surface area contributed by atoms with Crippen LogP contribution in [0.25, 0.3) is 0 Å². The van der Waals surface area contributed by atoms with Gasteiger partial charge in [-0.1, -0.05) is 27.2 Å². The Kier molecular flexibility index (Phi) is 2.36. The zero-order chi connectivity index (χ0) is 11.3. The summed E-state index contributed by atoms with van der Waals surface area (Å²) in [6.07, 6.45) is 5.95. The van der Waals surface area contributed by atoms with Crippen molar-refractivity contribution >= 4 is 5.91 Å². The van der Waals surface area contributed by atoms with Crippen LogP contribution in [0, 0.1) is 22.7 Å². The number of primary amides is 1. The molecule has 0 aromatic heterocycles. The predicted molar refractivity (Wildman–Crippen MR) is 61.1 cm³/mol. The second-order valence-corrected chi connectivity index (χ2v) is 6.59. The molecule has 2 aliphatic carbocycles. The van der Waals surface area contributed by atoms with Gasteiger partial charge in [0.2, 0.25) is 5.91 Å². The first kappa shape index (κ1) is 11.0. The zero-order valence-corrected chi connectivity index (χ0v) is 10.2. The van der Waals surface area contributed by atoms with Gasteiger partial charge in [0.25, 0.3) is 0 Å². The fraction of sp³-hybridized carbons (Fsp3) is 0.923. The summed E-state index contributed by atoms with van der Waals surface area (Å²) in [5.74, 6) is 0.745. The Morgan fingerprint density at radius 3 is 2.47 bits per heavy atom. The van der Waals surface area contributed by atoms with E-state index in [2.05, 4.69) is 20.8 Å². The molecule has 86 valence electrons. The smallest absolute Gasteiger partial charge is 0.220 e. The minimum Gasteiger partial charge on any atom is -0.369 e. The average molecular weight is 209 g/mol. The molecule has 2 saturated carbocycles. The second-order valence-electron chi connectivity index (χ2n) is 6.59. The average Bonchev–Trinajstić information content (AvgIpc) is 2.43. The van der Waals surface area contributed by atoms with Crippen molar-refractivity contribution in [1.29, 1.82) is 0 Å². The Hall–Kier alpha value is -0.530. The normalized spacial score (nSPS) is 43.7. The Labute approximate surface area is 92.6 Å². The van der Waals surface area contributed by atoms with Crippen molar-refractivity contribution in [3.8, 4) is 0 Å². The molecule has 2 fully saturated rings. The quantitative estimate of drug-likeness (QED) is 0.709. The van der Waals surface area contributed by atoms with Crippen LogP contribution in [0.4, 0.5) is 0 Å². The Balaban J connectivity index is 2.24. The van der Waals surface area contributed by atoms with Crippen LogP contribution in [-0.4, -0.2) is 5.91 Å². The molecule has 15 heavy (non-hydrogen) atoms. The van der Waals surface area contributed by atoms with Crippen LogP contribution in [0.1, 0.15) is 52.9 Å². The first-order valence-corrected chi connectivity index (χ1v) is 6.14. The number of hydrogen-bond acceptors (Lipinski definition) is 1. The summed E-state index contributed by atoms with van der Waals surface area (Å²) in [6, 6.07) is 0. The minimum atomic E-state index is -0.0820. The van der Waals surface area contributed by atoms with E-state index >= 15 is 0 Å². The number of carbonyl (C=O) groups is 1. The lowest BCUT2D eigenvalue weighted by atomic mass is 9.58. The Bertz CT molecular complexity index is 284. The third kappa shape index (κ3) is 1.68. The largest absolute Gasteiger partial charge is 0.369 e. The maximum Gasteiger partial charge on any atom is 0.220 e. The highest BCUT2D eigenvalue weighted by atomic mass is 16.1. The van der Waals surface area contributed by atoms with E-state index in [-0.39, 0.29) is 11.8 Å². The summed E-state index contributed by atoms with van der Waals surface area (Å²) in [7, 11) is 0. The Morgan fingerprint density at radius 1 is 1.27 bits per heavy atom. The number of amides is 1. The van der Waals surface area contributed by atoms with Crippen LogP contribution in [0.15, 0.2) is 0 Å². The lowest BCUT2D eigenvalue weighted by molar-refractivity contribution is -0.121. The van der Waals surface area contributed by atoms with E-state index in [1.54, 1.807) is 0 Å². The van der Waals surface area contributed by atoms with E-state index < -0.39 is 0 Å². The van der Waals surface area contributed by atoms with E-state index in [4.69, 9.17) is 5.73 Å². The lowest BCUT2D eigenvalue weighted by Gasteiger charge is -2.47. The van der Waals surface area contributed by atoms with Crippen molar-refractivity contribution in [2.24, 2.45) is 28.4 Å². The molecule has 0 bridgehead atoms. The third-order valence-electron chi connectivity index (χ3n) is 4.99. The van der Waals surface area contributed by atoms with Crippen molar-refractivity contribution in [3.05, 3.63) is 0 Å². The highest BCUT2D eigenvalue weighted by molar-refractivity contribution is 5.77. The summed E-state index contributed by atoms with van der Waals surface area (Å²) in [4.78, 5) is 11.3. The number of fused-ring (bicyclic) bond motifs is 1. The van der Waals surface area contributed by atoms with Crippen LogP contribution in [0.5, 0.6) is 0 Å². The molecule has 0 aliphatic heterocycles. The fourth-order valence-corrected chi connectivity index (χ4v) is 4.23. The summed E-state index contributed by atoms with van der Waals surface area (Å²) in [5, 5.41) is 0. The monoisotopic (exact) mass is 209 g/mol. The molecule has 2 rings (SSSR count). The van der Waals surface area contributed by atoms with E-state index in [1.165, 1.54) is 19.3 Å². The van der Waals surface area contributed by atoms with Crippen molar-refractivity contribution in [2.75, 3.05) is 0 Å². The van der Waals surface area contributed by atoms with Crippen LogP contribution in [-0.2, 0) is 4.79 Å². The minimum absolute atomic E-state index is 0.0820. The van der Waals surface area contributed by atoms with Crippen LogP contribution in [0.2, 0.25) is 0 Å². The van der Waals surface area contributed by atoms with Gasteiger partial charge in [0.1, 0.15) is 0 Å². The van der Waals surface area contributed by atoms with E-state index in [0.717, 1.165) is 12.8 Å². The van der Waals surface area contributed by atoms with Gasteiger partial charge < -0.3 is 5.73 Å². The molecule has 0 aromatic carbocycles. The maximum atomic E-state index is 11.3. The first-order valence-electron chi connectivity index (χ1n) is 6.14. The summed E-state index contributed by atoms with van der Waals surface area (Å²) < 4.78 is 0. The van der Waals surface area contributed by atoms with Gasteiger partial charge >= 0.3 is 0 Å². The number of nitrogens with two attached hydrogens (primary N) is 1. The molecule has 0 aromatic rings. The predicted octanol–water partition coefficient (Wildman–Crippen LogP) is 2.71. The molecule has 2 nitrogen and oxygen atoms in total. The molecule has 2 N–H and O–H groups in total. The van der Waals surface area contributed by atoms with Crippen molar-refractivity contribution in [2.45, 2.75) is 52.9 Å². The highest BCUT2D eigenvalue weighted by Gasteiger charge is 2.53. The summed E-state index contributed by atoms with van der Waals surface area (Å²) >= 11 is 0. The fourth-order valence-electron chi connectivity index (χ4n) is 4.23. The van der Waals surface area contributed by atoms with Gasteiger partial charge in [-0.15, -0.1) is 0 Å². The molecule has 0 heterocycles. The van der Waals surface area contributed by atoms with Gasteiger partial charge in [-0.05, 0) is 42.4 Å². The summed E-state index contributed by atoms with van der Waals surface area (Å²) in [6.45, 7) is 7.08. The van der Waals surface area contributed by atoms with Crippen LogP contribution >= 0.6 is 0 Å². The van der Waals surface area contributed by atoms with Gasteiger partial charge in [0.15, 0.2) is 0 Å². The van der Waals surface area contributed by atoms with Gasteiger partial charge in [-0.25, -0.2) is 0 Å². The van der Waals surface area contributed by atoms with Gasteiger partial charge in [0.05, 0.1) is 0 Å². The Morgan fingerprint density at radius 2 is 1.93 bits per heavy atom. The lowest BCUT2D eigenvalue weighted by Crippen LogP contribution is -2.38. The first-order chi connectivity index (χ1) is 6.85. The van der Waals surface area contributed by atoms with Crippen molar-refractivity contribution < 1.29 is 4.79 Å². The molecule has 1 unspecified atom stereocenters. The number of rotatable bonds is 1. The highest BCUT2D eigenvalue weighted by Crippen LogP contribution is 2.60. The van der Waals surface area contributed by atoms with Crippen molar-refractivity contribution in [1.82, 2.24) is 0 Å². The van der Waals surface area contributed by atoms with E-state index in [1.807, 2.05) is 0 Å². The van der Waals surface area contributed by atoms with Crippen LogP contribution in [0.3, 0.4) is 0 Å². The van der Waals surface area contributed by atoms with Gasteiger partial charge in [-0.3, -0.25) is 4.79 Å². The molecular weight excluding hydrogens is 186 g/mol. The number of hydrogen-bond donors (Lipinski definition) is 1. The van der Waals surface area contributed by atoms with E-state index in [0.29, 0.717) is 16.7 Å². The molecule has 3 atom stereocenters. The topological polar surface area (TPSA) is 43.1 Å². The van der Waals surface area contributed by atoms with Crippen molar-refractivity contribution in [3.63, 3.8) is 0 Å². The number of carbonyl (C=O) groups excluding carboxylic acids is 1. The molecule has 0 spiro atoms. The molecule has 0 saturated heterocycles. The van der Waals surface area contributed by atoms with Gasteiger partial charge in [-0.2, -0.15) is 0 Å². The summed E-state index contributed by atoms with van der Waals surface area (Å²) in [5.41, 5.74) is 6.24. The standard InChI is InChI=1S/C13H23NO/c1-12(2)5-4-6-13(3)8-9(11(14)15)7-10(12)13/h9-10H,4-8H2,1-3H3,(H2,14,15)/t9?,10-,13-/m0/s1.